The van der Waals surface area contributed by atoms with E-state index in [2.05, 4.69) is 10.5 Å². The van der Waals surface area contributed by atoms with Gasteiger partial charge in [0.25, 0.3) is 0 Å². The predicted molar refractivity (Wildman–Crippen MR) is 34.2 cm³/mol. The normalized spacial score (nSPS) is 12.0. The minimum Gasteiger partial charge on any atom is -0.288 e. The predicted octanol–water partition coefficient (Wildman–Crippen LogP) is -0.220. The molecule has 0 spiro atoms. The highest BCUT2D eigenvalue weighted by molar-refractivity contribution is 7.32. The number of nitrogens with one attached hydrogen (secondary N) is 2. The van der Waals surface area contributed by atoms with Gasteiger partial charge in [0, 0.05) is 15.9 Å². The molecule has 0 aliphatic rings. The fourth-order valence-corrected chi connectivity index (χ4v) is 0.671. The highest BCUT2D eigenvalue weighted by Gasteiger charge is 1.84. The third-order valence-corrected chi connectivity index (χ3v) is 1.40. The molecule has 1 atom stereocenters. The van der Waals surface area contributed by atoms with E-state index in [1.54, 1.807) is 0 Å². The van der Waals surface area contributed by atoms with E-state index in [9.17, 15) is 0 Å². The highest BCUT2D eigenvalue weighted by atomic mass is 31.1. The number of hydrogen-bond donors (Lipinski definition) is 2. The van der Waals surface area contributed by atoms with Crippen LogP contribution in [0.25, 0.3) is 0 Å². The van der Waals surface area contributed by atoms with Gasteiger partial charge in [-0.25, -0.2) is 4.78 Å². The Labute approximate surface area is 46.3 Å². The van der Waals surface area contributed by atoms with Gasteiger partial charge < -0.3 is 0 Å². The lowest BCUT2D eigenvalue weighted by Crippen LogP contribution is -2.24. The van der Waals surface area contributed by atoms with Crippen molar-refractivity contribution in [2.45, 2.75) is 0 Å². The van der Waals surface area contributed by atoms with Gasteiger partial charge in [-0.2, -0.15) is 0 Å². The van der Waals surface area contributed by atoms with Crippen LogP contribution >= 0.6 is 8.88 Å². The minimum atomic E-state index is 0.661. The molecule has 0 aliphatic heterocycles. The van der Waals surface area contributed by atoms with Crippen LogP contribution in [0.5, 0.6) is 0 Å². The monoisotopic (exact) mass is 121 g/mol. The molecule has 0 aromatic heterocycles. The standard InChI is InChI=1S/C3H12N3P/c1-4-6(3)7-5-2/h4-5,7H,1-3H3. The maximum Gasteiger partial charge on any atom is 0.0352 e. The molecule has 0 bridgehead atoms. The van der Waals surface area contributed by atoms with Crippen molar-refractivity contribution in [3.8, 4) is 0 Å². The summed E-state index contributed by atoms with van der Waals surface area (Å²) < 4.78 is 1.97. The minimum absolute atomic E-state index is 0.661. The lowest BCUT2D eigenvalue weighted by atomic mass is 11.4. The van der Waals surface area contributed by atoms with Crippen molar-refractivity contribution in [2.24, 2.45) is 0 Å². The Balaban J connectivity index is 2.83. The Morgan fingerprint density at radius 3 is 2.14 bits per heavy atom. The summed E-state index contributed by atoms with van der Waals surface area (Å²) in [5.74, 6) is 0. The summed E-state index contributed by atoms with van der Waals surface area (Å²) >= 11 is 0. The second-order valence-corrected chi connectivity index (χ2v) is 2.54. The molecule has 0 heterocycles. The van der Waals surface area contributed by atoms with Gasteiger partial charge in [-0.3, -0.25) is 10.5 Å². The number of hydrazine groups is 1. The molecule has 0 radical (unpaired) electrons. The van der Waals surface area contributed by atoms with E-state index in [-0.39, 0.29) is 0 Å². The molecule has 7 heavy (non-hydrogen) atoms. The smallest absolute Gasteiger partial charge is 0.0352 e. The van der Waals surface area contributed by atoms with Gasteiger partial charge in [0.15, 0.2) is 0 Å². The molecular weight excluding hydrogens is 109 g/mol. The number of rotatable bonds is 3. The largest absolute Gasteiger partial charge is 0.288 e. The molecule has 2 N–H and O–H groups in total. The van der Waals surface area contributed by atoms with Gasteiger partial charge in [-0.15, -0.1) is 0 Å². The van der Waals surface area contributed by atoms with Gasteiger partial charge in [-0.1, -0.05) is 0 Å². The lowest BCUT2D eigenvalue weighted by molar-refractivity contribution is 0.452. The summed E-state index contributed by atoms with van der Waals surface area (Å²) in [5, 5.41) is 3.01. The SMILES string of the molecule is CNPN(C)NC. The Morgan fingerprint density at radius 1 is 1.43 bits per heavy atom. The number of nitrogens with zero attached hydrogens (tertiary/aromatic N) is 1. The molecule has 0 amide bonds. The third kappa shape index (κ3) is 4.16. The average molecular weight is 121 g/mol. The van der Waals surface area contributed by atoms with Gasteiger partial charge in [0.2, 0.25) is 0 Å². The molecule has 0 rings (SSSR count). The van der Waals surface area contributed by atoms with Crippen LogP contribution in [-0.4, -0.2) is 25.9 Å². The molecule has 0 aromatic carbocycles. The first-order valence-corrected chi connectivity index (χ1v) is 3.09. The van der Waals surface area contributed by atoms with E-state index in [1.165, 1.54) is 0 Å². The Hall–Kier alpha value is 0.310. The molecule has 0 saturated heterocycles. The molecule has 4 heteroatoms. The molecule has 1 unspecified atom stereocenters. The van der Waals surface area contributed by atoms with Crippen molar-refractivity contribution in [3.63, 3.8) is 0 Å². The van der Waals surface area contributed by atoms with Crippen molar-refractivity contribution in [2.75, 3.05) is 21.1 Å². The van der Waals surface area contributed by atoms with E-state index in [0.29, 0.717) is 8.88 Å². The van der Waals surface area contributed by atoms with Crippen LogP contribution in [0, 0.1) is 0 Å². The molecular formula is C3H12N3P. The van der Waals surface area contributed by atoms with E-state index in [0.717, 1.165) is 0 Å². The van der Waals surface area contributed by atoms with E-state index in [4.69, 9.17) is 0 Å². The molecule has 0 aromatic rings. The van der Waals surface area contributed by atoms with Gasteiger partial charge in [0.1, 0.15) is 0 Å². The summed E-state index contributed by atoms with van der Waals surface area (Å²) in [4.78, 5) is 0. The van der Waals surface area contributed by atoms with E-state index in [1.807, 2.05) is 25.9 Å². The maximum absolute atomic E-state index is 3.01. The van der Waals surface area contributed by atoms with Crippen molar-refractivity contribution in [3.05, 3.63) is 0 Å². The van der Waals surface area contributed by atoms with Gasteiger partial charge >= 0.3 is 0 Å². The third-order valence-electron chi connectivity index (χ3n) is 0.615. The molecule has 0 aliphatic carbocycles. The van der Waals surface area contributed by atoms with Crippen LogP contribution in [0.3, 0.4) is 0 Å². The first-order valence-electron chi connectivity index (χ1n) is 2.14. The van der Waals surface area contributed by atoms with Gasteiger partial charge in [0.05, 0.1) is 0 Å². The van der Waals surface area contributed by atoms with Gasteiger partial charge in [-0.05, 0) is 14.1 Å². The summed E-state index contributed by atoms with van der Waals surface area (Å²) in [5.41, 5.74) is 2.95. The summed E-state index contributed by atoms with van der Waals surface area (Å²) in [6.45, 7) is 0. The quantitative estimate of drug-likeness (QED) is 0.399. The Kier molecular flexibility index (Phi) is 4.67. The highest BCUT2D eigenvalue weighted by Crippen LogP contribution is 2.01. The van der Waals surface area contributed by atoms with Crippen LogP contribution in [0.2, 0.25) is 0 Å². The first kappa shape index (κ1) is 7.31. The fourth-order valence-electron chi connectivity index (χ4n) is 0.224. The van der Waals surface area contributed by atoms with Crippen LogP contribution in [0.15, 0.2) is 0 Å². The summed E-state index contributed by atoms with van der Waals surface area (Å²) in [7, 11) is 6.46. The summed E-state index contributed by atoms with van der Waals surface area (Å²) in [6.07, 6.45) is 0. The van der Waals surface area contributed by atoms with Crippen LogP contribution in [0.4, 0.5) is 0 Å². The Bertz CT molecular complexity index is 41.2. The van der Waals surface area contributed by atoms with Crippen LogP contribution < -0.4 is 10.5 Å². The van der Waals surface area contributed by atoms with Crippen molar-refractivity contribution >= 4 is 8.88 Å². The molecule has 0 fully saturated rings. The van der Waals surface area contributed by atoms with Crippen LogP contribution in [-0.2, 0) is 0 Å². The van der Waals surface area contributed by atoms with Crippen molar-refractivity contribution < 1.29 is 0 Å². The summed E-state index contributed by atoms with van der Waals surface area (Å²) in [6, 6.07) is 0. The fraction of sp³-hybridized carbons (Fsp3) is 1.00. The van der Waals surface area contributed by atoms with E-state index < -0.39 is 0 Å². The first-order chi connectivity index (χ1) is 3.31. The maximum atomic E-state index is 3.01. The second kappa shape index (κ2) is 4.47. The van der Waals surface area contributed by atoms with Crippen molar-refractivity contribution in [1.29, 1.82) is 0 Å². The zero-order valence-electron chi connectivity index (χ0n) is 4.95. The Morgan fingerprint density at radius 2 is 2.00 bits per heavy atom. The molecule has 3 nitrogen and oxygen atoms in total. The average Bonchev–Trinajstić information content (AvgIpc) is 1.68. The topological polar surface area (TPSA) is 27.3 Å². The lowest BCUT2D eigenvalue weighted by Gasteiger charge is -2.11. The van der Waals surface area contributed by atoms with Crippen molar-refractivity contribution in [1.82, 2.24) is 15.3 Å². The number of hydrogen-bond acceptors (Lipinski definition) is 3. The second-order valence-electron chi connectivity index (χ2n) is 1.14. The zero-order chi connectivity index (χ0) is 5.70. The van der Waals surface area contributed by atoms with Crippen LogP contribution in [0.1, 0.15) is 0 Å². The zero-order valence-corrected chi connectivity index (χ0v) is 5.95. The van der Waals surface area contributed by atoms with E-state index >= 15 is 0 Å². The molecule has 0 saturated carbocycles. The molecule has 44 valence electrons.